The molecule has 1 aliphatic carbocycles. The third-order valence-corrected chi connectivity index (χ3v) is 3.29. The Bertz CT molecular complexity index is 493. The number of alkyl halides is 1. The molecule has 0 spiro atoms. The standard InChI is InChI=1S/C11H8BrNO2/c1-5-2-3-6-7(4-5)10(14)8(12)9(13)11(6)15/h2-4,8,13H,1H3. The number of nitrogens with one attached hydrogen (secondary N) is 1. The third-order valence-electron chi connectivity index (χ3n) is 2.41. The van der Waals surface area contributed by atoms with Gasteiger partial charge in [-0.15, -0.1) is 0 Å². The molecule has 0 amide bonds. The second kappa shape index (κ2) is 3.38. The maximum absolute atomic E-state index is 11.8. The second-order valence-corrected chi connectivity index (χ2v) is 4.43. The van der Waals surface area contributed by atoms with E-state index in [-0.39, 0.29) is 17.3 Å². The zero-order valence-corrected chi connectivity index (χ0v) is 9.59. The summed E-state index contributed by atoms with van der Waals surface area (Å²) in [5, 5.41) is 7.50. The van der Waals surface area contributed by atoms with Gasteiger partial charge in [-0.05, 0) is 19.1 Å². The smallest absolute Gasteiger partial charge is 0.208 e. The highest BCUT2D eigenvalue weighted by Crippen LogP contribution is 2.24. The van der Waals surface area contributed by atoms with Crippen LogP contribution in [0.4, 0.5) is 0 Å². The molecule has 0 saturated carbocycles. The number of fused-ring (bicyclic) bond motifs is 1. The van der Waals surface area contributed by atoms with E-state index in [4.69, 9.17) is 5.41 Å². The van der Waals surface area contributed by atoms with E-state index in [1.807, 2.05) is 6.92 Å². The molecule has 0 heterocycles. The van der Waals surface area contributed by atoms with E-state index < -0.39 is 4.83 Å². The molecule has 0 aliphatic heterocycles. The van der Waals surface area contributed by atoms with Crippen LogP contribution in [0.5, 0.6) is 0 Å². The molecule has 1 aliphatic rings. The Morgan fingerprint density at radius 3 is 2.60 bits per heavy atom. The first kappa shape index (κ1) is 10.2. The van der Waals surface area contributed by atoms with E-state index in [0.29, 0.717) is 11.1 Å². The van der Waals surface area contributed by atoms with E-state index >= 15 is 0 Å². The predicted octanol–water partition coefficient (Wildman–Crippen LogP) is 2.16. The average molecular weight is 266 g/mol. The summed E-state index contributed by atoms with van der Waals surface area (Å²) in [7, 11) is 0. The van der Waals surface area contributed by atoms with Gasteiger partial charge in [-0.25, -0.2) is 0 Å². The minimum atomic E-state index is -0.792. The van der Waals surface area contributed by atoms with Crippen molar-refractivity contribution in [2.75, 3.05) is 0 Å². The molecule has 1 aromatic rings. The molecule has 1 atom stereocenters. The molecule has 2 rings (SSSR count). The Morgan fingerprint density at radius 1 is 1.27 bits per heavy atom. The lowest BCUT2D eigenvalue weighted by molar-refractivity contribution is 0.0970. The summed E-state index contributed by atoms with van der Waals surface area (Å²) in [5.74, 6) is -0.579. The van der Waals surface area contributed by atoms with Gasteiger partial charge in [0.1, 0.15) is 10.5 Å². The number of carbonyl (C=O) groups is 2. The van der Waals surface area contributed by atoms with Gasteiger partial charge in [0.05, 0.1) is 0 Å². The first-order valence-electron chi connectivity index (χ1n) is 4.44. The topological polar surface area (TPSA) is 58.0 Å². The van der Waals surface area contributed by atoms with Gasteiger partial charge in [0.15, 0.2) is 5.78 Å². The Hall–Kier alpha value is -1.29. The van der Waals surface area contributed by atoms with Crippen LogP contribution < -0.4 is 0 Å². The first-order chi connectivity index (χ1) is 7.02. The number of Topliss-reactive ketones (excluding diaryl/α,β-unsaturated/α-hetero) is 2. The van der Waals surface area contributed by atoms with Crippen LogP contribution in [0.3, 0.4) is 0 Å². The Balaban J connectivity index is 2.69. The number of rotatable bonds is 0. The summed E-state index contributed by atoms with van der Waals surface area (Å²) < 4.78 is 0. The molecule has 0 bridgehead atoms. The number of hydrogen-bond donors (Lipinski definition) is 1. The van der Waals surface area contributed by atoms with Crippen LogP contribution in [0.25, 0.3) is 0 Å². The van der Waals surface area contributed by atoms with Gasteiger partial charge in [-0.2, -0.15) is 0 Å². The van der Waals surface area contributed by atoms with Crippen LogP contribution in [-0.4, -0.2) is 22.1 Å². The molecule has 0 saturated heterocycles. The van der Waals surface area contributed by atoms with Crippen molar-refractivity contribution in [1.29, 1.82) is 5.41 Å². The molecular weight excluding hydrogens is 258 g/mol. The van der Waals surface area contributed by atoms with Crippen molar-refractivity contribution in [3.8, 4) is 0 Å². The molecule has 1 aromatic carbocycles. The highest BCUT2D eigenvalue weighted by molar-refractivity contribution is 9.10. The van der Waals surface area contributed by atoms with E-state index in [2.05, 4.69) is 15.9 Å². The van der Waals surface area contributed by atoms with Crippen molar-refractivity contribution in [1.82, 2.24) is 0 Å². The molecule has 0 fully saturated rings. The molecule has 1 unspecified atom stereocenters. The number of aryl methyl sites for hydroxylation is 1. The van der Waals surface area contributed by atoms with Gasteiger partial charge in [-0.1, -0.05) is 27.6 Å². The summed E-state index contributed by atoms with van der Waals surface area (Å²) in [6.07, 6.45) is 0. The highest BCUT2D eigenvalue weighted by Gasteiger charge is 2.35. The molecule has 15 heavy (non-hydrogen) atoms. The zero-order valence-electron chi connectivity index (χ0n) is 8.00. The SMILES string of the molecule is Cc1ccc2c(c1)C(=O)C(Br)C(=N)C2=O. The lowest BCUT2D eigenvalue weighted by atomic mass is 9.87. The largest absolute Gasteiger partial charge is 0.300 e. The number of ketones is 2. The number of carbonyl (C=O) groups excluding carboxylic acids is 2. The van der Waals surface area contributed by atoms with Crippen LogP contribution >= 0.6 is 15.9 Å². The summed E-state index contributed by atoms with van der Waals surface area (Å²) >= 11 is 3.06. The second-order valence-electron chi connectivity index (χ2n) is 3.52. The normalized spacial score (nSPS) is 20.4. The van der Waals surface area contributed by atoms with E-state index in [0.717, 1.165) is 5.56 Å². The van der Waals surface area contributed by atoms with Gasteiger partial charge in [0, 0.05) is 11.1 Å². The van der Waals surface area contributed by atoms with Crippen molar-refractivity contribution in [3.63, 3.8) is 0 Å². The lowest BCUT2D eigenvalue weighted by Crippen LogP contribution is -2.37. The van der Waals surface area contributed by atoms with E-state index in [9.17, 15) is 9.59 Å². The first-order valence-corrected chi connectivity index (χ1v) is 5.36. The van der Waals surface area contributed by atoms with Crippen molar-refractivity contribution >= 4 is 33.2 Å². The van der Waals surface area contributed by atoms with Crippen molar-refractivity contribution in [3.05, 3.63) is 34.9 Å². The average Bonchev–Trinajstić information content (AvgIpc) is 2.23. The molecule has 1 N–H and O–H groups in total. The lowest BCUT2D eigenvalue weighted by Gasteiger charge is -2.19. The van der Waals surface area contributed by atoms with Gasteiger partial charge in [0.2, 0.25) is 5.78 Å². The fourth-order valence-corrected chi connectivity index (χ4v) is 2.04. The van der Waals surface area contributed by atoms with Gasteiger partial charge in [0.25, 0.3) is 0 Å². The summed E-state index contributed by atoms with van der Waals surface area (Å²) in [4.78, 5) is 22.7. The Kier molecular flexibility index (Phi) is 2.31. The van der Waals surface area contributed by atoms with Crippen LogP contribution in [0.15, 0.2) is 18.2 Å². The van der Waals surface area contributed by atoms with Crippen molar-refractivity contribution < 1.29 is 9.59 Å². The fraction of sp³-hybridized carbons (Fsp3) is 0.182. The summed E-state index contributed by atoms with van der Waals surface area (Å²) in [6.45, 7) is 1.86. The minimum absolute atomic E-state index is 0.184. The van der Waals surface area contributed by atoms with Crippen LogP contribution in [0.1, 0.15) is 26.3 Å². The molecule has 0 radical (unpaired) electrons. The number of halogens is 1. The maximum Gasteiger partial charge on any atom is 0.208 e. The highest BCUT2D eigenvalue weighted by atomic mass is 79.9. The number of hydrogen-bond acceptors (Lipinski definition) is 3. The third kappa shape index (κ3) is 1.45. The summed E-state index contributed by atoms with van der Waals surface area (Å²) in [6, 6.07) is 5.07. The van der Waals surface area contributed by atoms with Crippen LogP contribution in [0.2, 0.25) is 0 Å². The Morgan fingerprint density at radius 2 is 1.93 bits per heavy atom. The van der Waals surface area contributed by atoms with Gasteiger partial charge < -0.3 is 0 Å². The molecule has 3 nitrogen and oxygen atoms in total. The molecule has 0 aromatic heterocycles. The number of benzene rings is 1. The molecule has 76 valence electrons. The van der Waals surface area contributed by atoms with Crippen molar-refractivity contribution in [2.24, 2.45) is 0 Å². The van der Waals surface area contributed by atoms with E-state index in [1.165, 1.54) is 0 Å². The monoisotopic (exact) mass is 265 g/mol. The van der Waals surface area contributed by atoms with Crippen molar-refractivity contribution in [2.45, 2.75) is 11.8 Å². The zero-order chi connectivity index (χ0) is 11.2. The fourth-order valence-electron chi connectivity index (χ4n) is 1.59. The molecular formula is C11H8BrNO2. The van der Waals surface area contributed by atoms with E-state index in [1.54, 1.807) is 18.2 Å². The predicted molar refractivity (Wildman–Crippen MR) is 60.3 cm³/mol. The summed E-state index contributed by atoms with van der Waals surface area (Å²) in [5.41, 5.74) is 1.50. The quantitative estimate of drug-likeness (QED) is 0.731. The Labute approximate surface area is 95.1 Å². The van der Waals surface area contributed by atoms with Gasteiger partial charge in [-0.3, -0.25) is 15.0 Å². The van der Waals surface area contributed by atoms with Gasteiger partial charge >= 0.3 is 0 Å². The minimum Gasteiger partial charge on any atom is -0.300 e. The van der Waals surface area contributed by atoms with Crippen LogP contribution in [-0.2, 0) is 0 Å². The maximum atomic E-state index is 11.8. The van der Waals surface area contributed by atoms with Crippen LogP contribution in [0, 0.1) is 12.3 Å². The molecule has 4 heteroatoms.